The van der Waals surface area contributed by atoms with Crippen molar-refractivity contribution >= 4 is 44.3 Å². The van der Waals surface area contributed by atoms with Gasteiger partial charge in [-0.2, -0.15) is 0 Å². The molecule has 3 rings (SSSR count). The van der Waals surface area contributed by atoms with E-state index in [1.54, 1.807) is 14.1 Å². The molecule has 2 aromatic carbocycles. The fourth-order valence-electron chi connectivity index (χ4n) is 2.62. The van der Waals surface area contributed by atoms with Gasteiger partial charge in [0.15, 0.2) is 0 Å². The SMILES string of the molecule is Cn1c(=O)n(C)c2cc(S(=O)(=O)Nc3ccc(Cl)c(C(=O)O)c3)ccc21. The molecule has 0 unspecified atom stereocenters. The van der Waals surface area contributed by atoms with Crippen molar-refractivity contribution < 1.29 is 18.3 Å². The fraction of sp³-hybridized carbons (Fsp3) is 0.125. The highest BCUT2D eigenvalue weighted by molar-refractivity contribution is 7.92. The Balaban J connectivity index is 2.05. The van der Waals surface area contributed by atoms with E-state index in [1.807, 2.05) is 0 Å². The molecule has 3 aromatic rings. The van der Waals surface area contributed by atoms with Crippen LogP contribution in [0.4, 0.5) is 5.69 Å². The van der Waals surface area contributed by atoms with Gasteiger partial charge in [0.25, 0.3) is 10.0 Å². The van der Waals surface area contributed by atoms with Crippen LogP contribution in [0.15, 0.2) is 46.1 Å². The molecule has 26 heavy (non-hydrogen) atoms. The largest absolute Gasteiger partial charge is 0.478 e. The number of imidazole rings is 1. The number of benzene rings is 2. The second-order valence-electron chi connectivity index (χ2n) is 5.66. The molecule has 0 radical (unpaired) electrons. The van der Waals surface area contributed by atoms with E-state index in [1.165, 1.54) is 39.5 Å². The van der Waals surface area contributed by atoms with Gasteiger partial charge in [-0.05, 0) is 36.4 Å². The average Bonchev–Trinajstić information content (AvgIpc) is 2.80. The van der Waals surface area contributed by atoms with Crippen LogP contribution in [-0.4, -0.2) is 28.6 Å². The van der Waals surface area contributed by atoms with E-state index in [-0.39, 0.29) is 26.9 Å². The van der Waals surface area contributed by atoms with Gasteiger partial charge in [-0.25, -0.2) is 18.0 Å². The summed E-state index contributed by atoms with van der Waals surface area (Å²) >= 11 is 5.79. The number of fused-ring (bicyclic) bond motifs is 1. The Morgan fingerprint density at radius 3 is 2.38 bits per heavy atom. The van der Waals surface area contributed by atoms with Crippen LogP contribution < -0.4 is 10.4 Å². The van der Waals surface area contributed by atoms with E-state index in [0.717, 1.165) is 6.07 Å². The van der Waals surface area contributed by atoms with E-state index in [9.17, 15) is 18.0 Å². The molecule has 0 aliphatic rings. The molecule has 0 fully saturated rings. The number of hydrogen-bond acceptors (Lipinski definition) is 4. The first-order valence-corrected chi connectivity index (χ1v) is 9.19. The third-order valence-corrected chi connectivity index (χ3v) is 5.71. The summed E-state index contributed by atoms with van der Waals surface area (Å²) in [4.78, 5) is 23.0. The van der Waals surface area contributed by atoms with Gasteiger partial charge in [0.2, 0.25) is 0 Å². The van der Waals surface area contributed by atoms with E-state index in [0.29, 0.717) is 11.0 Å². The summed E-state index contributed by atoms with van der Waals surface area (Å²) < 4.78 is 30.3. The normalized spacial score (nSPS) is 11.7. The van der Waals surface area contributed by atoms with Crippen molar-refractivity contribution in [3.63, 3.8) is 0 Å². The lowest BCUT2D eigenvalue weighted by atomic mass is 10.2. The Morgan fingerprint density at radius 1 is 1.08 bits per heavy atom. The maximum atomic E-state index is 12.6. The molecule has 136 valence electrons. The molecule has 0 spiro atoms. The molecule has 0 aliphatic heterocycles. The fourth-order valence-corrected chi connectivity index (χ4v) is 3.89. The Morgan fingerprint density at radius 2 is 1.73 bits per heavy atom. The van der Waals surface area contributed by atoms with Crippen molar-refractivity contribution in [1.29, 1.82) is 0 Å². The maximum Gasteiger partial charge on any atom is 0.337 e. The first-order valence-electron chi connectivity index (χ1n) is 7.33. The molecular weight excluding hydrogens is 382 g/mol. The van der Waals surface area contributed by atoms with Crippen LogP contribution in [0.25, 0.3) is 11.0 Å². The number of carboxylic acids is 1. The summed E-state index contributed by atoms with van der Waals surface area (Å²) in [5, 5.41) is 9.09. The van der Waals surface area contributed by atoms with Gasteiger partial charge >= 0.3 is 11.7 Å². The number of aromatic nitrogens is 2. The maximum absolute atomic E-state index is 12.6. The minimum atomic E-state index is -3.99. The second-order valence-corrected chi connectivity index (χ2v) is 7.75. The number of nitrogens with zero attached hydrogens (tertiary/aromatic N) is 2. The van der Waals surface area contributed by atoms with E-state index in [2.05, 4.69) is 4.72 Å². The molecular formula is C16H14ClN3O5S. The minimum Gasteiger partial charge on any atom is -0.478 e. The molecule has 0 saturated heterocycles. The first kappa shape index (κ1) is 18.0. The zero-order valence-electron chi connectivity index (χ0n) is 13.7. The minimum absolute atomic E-state index is 0.00107. The molecule has 1 aromatic heterocycles. The zero-order valence-corrected chi connectivity index (χ0v) is 15.3. The molecule has 0 aliphatic carbocycles. The van der Waals surface area contributed by atoms with E-state index < -0.39 is 16.0 Å². The molecule has 0 bridgehead atoms. The third-order valence-electron chi connectivity index (χ3n) is 4.00. The summed E-state index contributed by atoms with van der Waals surface area (Å²) in [5.74, 6) is -1.27. The summed E-state index contributed by atoms with van der Waals surface area (Å²) in [6.45, 7) is 0. The molecule has 10 heteroatoms. The highest BCUT2D eigenvalue weighted by atomic mass is 35.5. The van der Waals surface area contributed by atoms with Gasteiger partial charge in [0.1, 0.15) is 0 Å². The molecule has 2 N–H and O–H groups in total. The molecule has 0 atom stereocenters. The van der Waals surface area contributed by atoms with Gasteiger partial charge < -0.3 is 5.11 Å². The summed E-state index contributed by atoms with van der Waals surface area (Å²) in [7, 11) is -0.847. The lowest BCUT2D eigenvalue weighted by Gasteiger charge is -2.10. The predicted octanol–water partition coefficient (Wildman–Crippen LogP) is 2.03. The number of halogens is 1. The van der Waals surface area contributed by atoms with Crippen molar-refractivity contribution in [3.8, 4) is 0 Å². The van der Waals surface area contributed by atoms with Crippen LogP contribution in [0.5, 0.6) is 0 Å². The number of nitrogens with one attached hydrogen (secondary N) is 1. The summed E-state index contributed by atoms with van der Waals surface area (Å²) in [6, 6.07) is 8.09. The number of anilines is 1. The Labute approximate surface area is 153 Å². The highest BCUT2D eigenvalue weighted by Gasteiger charge is 2.19. The van der Waals surface area contributed by atoms with Crippen LogP contribution in [-0.2, 0) is 24.1 Å². The molecule has 8 nitrogen and oxygen atoms in total. The number of carboxylic acid groups (broad SMARTS) is 1. The smallest absolute Gasteiger partial charge is 0.337 e. The van der Waals surface area contributed by atoms with Gasteiger partial charge in [-0.3, -0.25) is 13.9 Å². The zero-order chi connectivity index (χ0) is 19.2. The lowest BCUT2D eigenvalue weighted by Crippen LogP contribution is -2.19. The van der Waals surface area contributed by atoms with Gasteiger partial charge in [-0.15, -0.1) is 0 Å². The number of aryl methyl sites for hydroxylation is 2. The topological polar surface area (TPSA) is 110 Å². The van der Waals surface area contributed by atoms with Crippen LogP contribution >= 0.6 is 11.6 Å². The third kappa shape index (κ3) is 2.95. The van der Waals surface area contributed by atoms with Gasteiger partial charge in [0.05, 0.1) is 26.5 Å². The Hall–Kier alpha value is -2.78. The molecule has 0 amide bonds. The van der Waals surface area contributed by atoms with Gasteiger partial charge in [-0.1, -0.05) is 11.6 Å². The highest BCUT2D eigenvalue weighted by Crippen LogP contribution is 2.24. The van der Waals surface area contributed by atoms with E-state index in [4.69, 9.17) is 16.7 Å². The van der Waals surface area contributed by atoms with Gasteiger partial charge in [0, 0.05) is 19.8 Å². The number of rotatable bonds is 4. The van der Waals surface area contributed by atoms with Crippen LogP contribution in [0.3, 0.4) is 0 Å². The Bertz CT molecular complexity index is 1210. The molecule has 1 heterocycles. The van der Waals surface area contributed by atoms with Crippen molar-refractivity contribution in [2.45, 2.75) is 4.90 Å². The quantitative estimate of drug-likeness (QED) is 0.702. The lowest BCUT2D eigenvalue weighted by molar-refractivity contribution is 0.0697. The summed E-state index contributed by atoms with van der Waals surface area (Å²) in [5.41, 5.74) is 0.631. The first-order chi connectivity index (χ1) is 12.1. The van der Waals surface area contributed by atoms with Crippen molar-refractivity contribution in [3.05, 3.63) is 57.5 Å². The number of carbonyl (C=O) groups is 1. The van der Waals surface area contributed by atoms with Crippen molar-refractivity contribution in [2.75, 3.05) is 4.72 Å². The Kier molecular flexibility index (Phi) is 4.29. The molecule has 0 saturated carbocycles. The number of aromatic carboxylic acids is 1. The van der Waals surface area contributed by atoms with Crippen LogP contribution in [0.1, 0.15) is 10.4 Å². The number of sulfonamides is 1. The van der Waals surface area contributed by atoms with Crippen LogP contribution in [0.2, 0.25) is 5.02 Å². The van der Waals surface area contributed by atoms with Crippen molar-refractivity contribution in [1.82, 2.24) is 9.13 Å². The van der Waals surface area contributed by atoms with E-state index >= 15 is 0 Å². The monoisotopic (exact) mass is 395 g/mol. The van der Waals surface area contributed by atoms with Crippen molar-refractivity contribution in [2.24, 2.45) is 14.1 Å². The second kappa shape index (κ2) is 6.19. The standard InChI is InChI=1S/C16H14ClN3O5S/c1-19-13-6-4-10(8-14(13)20(2)16(19)23)26(24,25)18-9-3-5-12(17)11(7-9)15(21)22/h3-8,18H,1-2H3,(H,21,22). The van der Waals surface area contributed by atoms with Crippen LogP contribution in [0, 0.1) is 0 Å². The number of hydrogen-bond donors (Lipinski definition) is 2. The summed E-state index contributed by atoms with van der Waals surface area (Å²) in [6.07, 6.45) is 0. The predicted molar refractivity (Wildman–Crippen MR) is 97.4 cm³/mol. The average molecular weight is 396 g/mol.